The molecule has 0 N–H and O–H groups in total. The SMILES string of the molecule is C=C(F)/C(F)=C(/OC)C(=C)F.CC. The highest BCUT2D eigenvalue weighted by molar-refractivity contribution is 5.28. The Bertz CT molecular complexity index is 219. The van der Waals surface area contributed by atoms with Gasteiger partial charge >= 0.3 is 0 Å². The summed E-state index contributed by atoms with van der Waals surface area (Å²) in [4.78, 5) is 0. The van der Waals surface area contributed by atoms with Crippen molar-refractivity contribution in [2.45, 2.75) is 13.8 Å². The topological polar surface area (TPSA) is 9.23 Å². The first kappa shape index (κ1) is 14.3. The van der Waals surface area contributed by atoms with E-state index in [-0.39, 0.29) is 0 Å². The highest BCUT2D eigenvalue weighted by atomic mass is 19.2. The van der Waals surface area contributed by atoms with Crippen molar-refractivity contribution in [3.05, 3.63) is 36.4 Å². The Labute approximate surface area is 76.2 Å². The van der Waals surface area contributed by atoms with Crippen molar-refractivity contribution in [3.63, 3.8) is 0 Å². The minimum absolute atomic E-state index is 0.863. The summed E-state index contributed by atoms with van der Waals surface area (Å²) in [6, 6.07) is 0. The van der Waals surface area contributed by atoms with Gasteiger partial charge in [0.15, 0.2) is 17.4 Å². The van der Waals surface area contributed by atoms with Gasteiger partial charge < -0.3 is 4.74 Å². The Morgan fingerprint density at radius 2 is 1.38 bits per heavy atom. The maximum absolute atomic E-state index is 12.4. The van der Waals surface area contributed by atoms with Crippen molar-refractivity contribution in [2.75, 3.05) is 7.11 Å². The van der Waals surface area contributed by atoms with Crippen LogP contribution in [0.4, 0.5) is 13.2 Å². The minimum atomic E-state index is -1.47. The maximum Gasteiger partial charge on any atom is 0.203 e. The molecule has 0 saturated carbocycles. The molecular weight excluding hydrogens is 181 g/mol. The highest BCUT2D eigenvalue weighted by Gasteiger charge is 2.13. The Hall–Kier alpha value is -1.19. The fourth-order valence-electron chi connectivity index (χ4n) is 0.443. The number of rotatable bonds is 3. The largest absolute Gasteiger partial charge is 0.491 e. The molecule has 1 nitrogen and oxygen atoms in total. The van der Waals surface area contributed by atoms with Gasteiger partial charge in [-0.25, -0.2) is 8.78 Å². The molecule has 0 unspecified atom stereocenters. The van der Waals surface area contributed by atoms with E-state index < -0.39 is 23.2 Å². The molecule has 0 aromatic rings. The maximum atomic E-state index is 12.4. The van der Waals surface area contributed by atoms with E-state index in [0.29, 0.717) is 0 Å². The van der Waals surface area contributed by atoms with E-state index in [1.54, 1.807) is 0 Å². The average molecular weight is 194 g/mol. The summed E-state index contributed by atoms with van der Waals surface area (Å²) in [5.41, 5.74) is 0. The van der Waals surface area contributed by atoms with Crippen molar-refractivity contribution in [1.82, 2.24) is 0 Å². The summed E-state index contributed by atoms with van der Waals surface area (Å²) >= 11 is 0. The molecule has 0 saturated heterocycles. The van der Waals surface area contributed by atoms with Gasteiger partial charge in [0.2, 0.25) is 5.83 Å². The zero-order chi connectivity index (χ0) is 11.0. The predicted molar refractivity (Wildman–Crippen MR) is 47.0 cm³/mol. The molecule has 76 valence electrons. The van der Waals surface area contributed by atoms with Gasteiger partial charge in [-0.3, -0.25) is 0 Å². The van der Waals surface area contributed by atoms with E-state index in [0.717, 1.165) is 7.11 Å². The molecule has 0 atom stereocenters. The second-order valence-electron chi connectivity index (χ2n) is 1.66. The van der Waals surface area contributed by atoms with Crippen LogP contribution in [-0.2, 0) is 4.74 Å². The molecule has 0 radical (unpaired) electrons. The Morgan fingerprint density at radius 3 is 1.46 bits per heavy atom. The number of methoxy groups -OCH3 is 1. The summed E-state index contributed by atoms with van der Waals surface area (Å²) in [6.45, 7) is 9.35. The van der Waals surface area contributed by atoms with E-state index in [1.165, 1.54) is 0 Å². The van der Waals surface area contributed by atoms with E-state index in [4.69, 9.17) is 0 Å². The number of allylic oxidation sites excluding steroid dienone is 3. The second kappa shape index (κ2) is 7.46. The van der Waals surface area contributed by atoms with Crippen molar-refractivity contribution in [2.24, 2.45) is 0 Å². The Morgan fingerprint density at radius 1 is 1.00 bits per heavy atom. The van der Waals surface area contributed by atoms with Crippen LogP contribution >= 0.6 is 0 Å². The van der Waals surface area contributed by atoms with Crippen molar-refractivity contribution < 1.29 is 17.9 Å². The van der Waals surface area contributed by atoms with Crippen LogP contribution in [0.25, 0.3) is 0 Å². The van der Waals surface area contributed by atoms with E-state index >= 15 is 0 Å². The van der Waals surface area contributed by atoms with Gasteiger partial charge in [-0.2, -0.15) is 4.39 Å². The Balaban J connectivity index is 0. The molecule has 4 heteroatoms. The molecule has 13 heavy (non-hydrogen) atoms. The number of halogens is 3. The van der Waals surface area contributed by atoms with Crippen LogP contribution in [-0.4, -0.2) is 7.11 Å². The molecule has 0 spiro atoms. The van der Waals surface area contributed by atoms with Gasteiger partial charge in [-0.15, -0.1) is 0 Å². The lowest BCUT2D eigenvalue weighted by Crippen LogP contribution is -1.91. The molecular formula is C9H13F3O. The zero-order valence-electron chi connectivity index (χ0n) is 7.96. The van der Waals surface area contributed by atoms with Crippen LogP contribution in [0.3, 0.4) is 0 Å². The first-order chi connectivity index (χ1) is 6.00. The van der Waals surface area contributed by atoms with E-state index in [2.05, 4.69) is 17.9 Å². The van der Waals surface area contributed by atoms with Gasteiger partial charge in [-0.1, -0.05) is 27.0 Å². The quantitative estimate of drug-likeness (QED) is 0.490. The smallest absolute Gasteiger partial charge is 0.203 e. The molecule has 0 aliphatic carbocycles. The van der Waals surface area contributed by atoms with Crippen LogP contribution in [0.2, 0.25) is 0 Å². The third-order valence-corrected chi connectivity index (χ3v) is 0.888. The van der Waals surface area contributed by atoms with Gasteiger partial charge in [0, 0.05) is 0 Å². The average Bonchev–Trinajstić information content (AvgIpc) is 2.08. The molecule has 0 fully saturated rings. The summed E-state index contributed by atoms with van der Waals surface area (Å²) in [5, 5.41) is 0. The van der Waals surface area contributed by atoms with E-state index in [1.807, 2.05) is 13.8 Å². The predicted octanol–water partition coefficient (Wildman–Crippen LogP) is 3.81. The minimum Gasteiger partial charge on any atom is -0.491 e. The van der Waals surface area contributed by atoms with Crippen LogP contribution in [0, 0.1) is 0 Å². The molecule has 0 aromatic carbocycles. The number of hydrogen-bond donors (Lipinski definition) is 0. The first-order valence-electron chi connectivity index (χ1n) is 3.64. The lowest BCUT2D eigenvalue weighted by Gasteiger charge is -2.02. The van der Waals surface area contributed by atoms with Gasteiger partial charge in [0.1, 0.15) is 0 Å². The van der Waals surface area contributed by atoms with Crippen LogP contribution < -0.4 is 0 Å². The van der Waals surface area contributed by atoms with Crippen molar-refractivity contribution in [3.8, 4) is 0 Å². The van der Waals surface area contributed by atoms with Gasteiger partial charge in [0.25, 0.3) is 0 Å². The van der Waals surface area contributed by atoms with E-state index in [9.17, 15) is 13.2 Å². The summed E-state index contributed by atoms with van der Waals surface area (Å²) < 4.78 is 40.7. The molecule has 0 aromatic heterocycles. The molecule has 0 amide bonds. The standard InChI is InChI=1S/C7H7F3O.C2H6/c1-4(8)6(10)7(11-3)5(2)9;1-2/h1-2H2,3H3;1-2H3/b7-6-;. The van der Waals surface area contributed by atoms with Crippen molar-refractivity contribution in [1.29, 1.82) is 0 Å². The van der Waals surface area contributed by atoms with Crippen LogP contribution in [0.15, 0.2) is 36.4 Å². The molecule has 0 aliphatic heterocycles. The molecule has 0 aliphatic rings. The molecule has 0 rings (SSSR count). The lowest BCUT2D eigenvalue weighted by molar-refractivity contribution is 0.266. The third kappa shape index (κ3) is 5.11. The first-order valence-corrected chi connectivity index (χ1v) is 3.64. The Kier molecular flexibility index (Phi) is 8.23. The highest BCUT2D eigenvalue weighted by Crippen LogP contribution is 2.21. The summed E-state index contributed by atoms with van der Waals surface area (Å²) in [5.74, 6) is -4.90. The van der Waals surface area contributed by atoms with Crippen LogP contribution in [0.5, 0.6) is 0 Å². The summed E-state index contributed by atoms with van der Waals surface area (Å²) in [7, 11) is 1.00. The molecule has 0 bridgehead atoms. The van der Waals surface area contributed by atoms with Crippen molar-refractivity contribution >= 4 is 0 Å². The molecule has 0 heterocycles. The van der Waals surface area contributed by atoms with Gasteiger partial charge in [0.05, 0.1) is 7.11 Å². The number of ether oxygens (including phenoxy) is 1. The number of hydrogen-bond acceptors (Lipinski definition) is 1. The van der Waals surface area contributed by atoms with Gasteiger partial charge in [-0.05, 0) is 0 Å². The fourth-order valence-corrected chi connectivity index (χ4v) is 0.443. The normalized spacial score (nSPS) is 10.6. The third-order valence-electron chi connectivity index (χ3n) is 0.888. The lowest BCUT2D eigenvalue weighted by atomic mass is 10.3. The monoisotopic (exact) mass is 194 g/mol. The fraction of sp³-hybridized carbons (Fsp3) is 0.333. The zero-order valence-corrected chi connectivity index (χ0v) is 7.96. The summed E-state index contributed by atoms with van der Waals surface area (Å²) in [6.07, 6.45) is 0. The van der Waals surface area contributed by atoms with Crippen LogP contribution in [0.1, 0.15) is 13.8 Å². The second-order valence-corrected chi connectivity index (χ2v) is 1.66.